The number of anilines is 1. The van der Waals surface area contributed by atoms with Crippen molar-refractivity contribution in [1.29, 1.82) is 5.26 Å². The fourth-order valence-electron chi connectivity index (χ4n) is 3.11. The summed E-state index contributed by atoms with van der Waals surface area (Å²) in [5.74, 6) is 1.03. The molecule has 0 aliphatic carbocycles. The predicted octanol–water partition coefficient (Wildman–Crippen LogP) is 4.49. The maximum absolute atomic E-state index is 9.72. The molecule has 25 heavy (non-hydrogen) atoms. The quantitative estimate of drug-likeness (QED) is 0.768. The number of aryl methyl sites for hydroxylation is 2. The van der Waals surface area contributed by atoms with Gasteiger partial charge in [0.15, 0.2) is 0 Å². The third-order valence-electron chi connectivity index (χ3n) is 4.28. The van der Waals surface area contributed by atoms with Crippen molar-refractivity contribution in [2.75, 3.05) is 12.8 Å². The molecule has 4 nitrogen and oxygen atoms in total. The minimum atomic E-state index is 0.255. The van der Waals surface area contributed by atoms with Crippen molar-refractivity contribution in [3.8, 4) is 34.1 Å². The summed E-state index contributed by atoms with van der Waals surface area (Å²) in [7, 11) is 1.64. The smallest absolute Gasteiger partial charge is 0.142 e. The topological polar surface area (TPSA) is 71.9 Å². The number of hydrogen-bond acceptors (Lipinski definition) is 4. The highest BCUT2D eigenvalue weighted by molar-refractivity contribution is 5.92. The molecule has 0 amide bonds. The number of nitrogen functional groups attached to an aromatic ring is 1. The Balaban J connectivity index is 2.41. The number of pyridine rings is 1. The van der Waals surface area contributed by atoms with Gasteiger partial charge in [0.2, 0.25) is 0 Å². The molecule has 0 radical (unpaired) electrons. The number of nitrogens with zero attached hydrogens (tertiary/aromatic N) is 2. The highest BCUT2D eigenvalue weighted by Crippen LogP contribution is 2.40. The van der Waals surface area contributed by atoms with E-state index in [-0.39, 0.29) is 5.82 Å². The Bertz CT molecular complexity index is 973. The third-order valence-corrected chi connectivity index (χ3v) is 4.28. The number of benzene rings is 2. The van der Waals surface area contributed by atoms with Crippen molar-refractivity contribution in [3.63, 3.8) is 0 Å². The van der Waals surface area contributed by atoms with Gasteiger partial charge in [0.05, 0.1) is 7.11 Å². The molecule has 3 aromatic rings. The summed E-state index contributed by atoms with van der Waals surface area (Å²) < 4.78 is 5.30. The Morgan fingerprint density at radius 3 is 2.36 bits per heavy atom. The molecule has 2 aromatic carbocycles. The first kappa shape index (κ1) is 16.5. The lowest BCUT2D eigenvalue weighted by atomic mass is 9.88. The molecule has 0 bridgehead atoms. The summed E-state index contributed by atoms with van der Waals surface area (Å²) in [4.78, 5) is 4.40. The van der Waals surface area contributed by atoms with E-state index >= 15 is 0 Å². The lowest BCUT2D eigenvalue weighted by Crippen LogP contribution is -2.04. The van der Waals surface area contributed by atoms with Crippen molar-refractivity contribution in [1.82, 2.24) is 4.98 Å². The summed E-state index contributed by atoms with van der Waals surface area (Å²) in [6.07, 6.45) is 0. The zero-order valence-electron chi connectivity index (χ0n) is 14.5. The van der Waals surface area contributed by atoms with Crippen LogP contribution in [0.4, 0.5) is 5.82 Å². The van der Waals surface area contributed by atoms with E-state index in [9.17, 15) is 5.26 Å². The molecule has 1 heterocycles. The maximum atomic E-state index is 9.72. The van der Waals surface area contributed by atoms with Gasteiger partial charge in [-0.2, -0.15) is 5.26 Å². The number of nitrogens with two attached hydrogens (primary N) is 1. The lowest BCUT2D eigenvalue weighted by molar-refractivity contribution is 0.414. The average molecular weight is 329 g/mol. The molecular weight excluding hydrogens is 310 g/mol. The van der Waals surface area contributed by atoms with Gasteiger partial charge in [-0.15, -0.1) is 0 Å². The van der Waals surface area contributed by atoms with Crippen molar-refractivity contribution in [2.24, 2.45) is 0 Å². The number of rotatable bonds is 3. The largest absolute Gasteiger partial charge is 0.497 e. The van der Waals surface area contributed by atoms with E-state index < -0.39 is 0 Å². The van der Waals surface area contributed by atoms with Crippen molar-refractivity contribution in [3.05, 3.63) is 65.4 Å². The first-order valence-electron chi connectivity index (χ1n) is 7.97. The summed E-state index contributed by atoms with van der Waals surface area (Å²) in [5, 5.41) is 9.72. The number of hydrogen-bond donors (Lipinski definition) is 1. The van der Waals surface area contributed by atoms with Crippen molar-refractivity contribution in [2.45, 2.75) is 13.8 Å². The summed E-state index contributed by atoms with van der Waals surface area (Å²) in [6, 6.07) is 18.0. The molecule has 0 saturated heterocycles. The third kappa shape index (κ3) is 2.92. The standard InChI is InChI=1S/C21H19N3O/c1-13-11-16(25-3)9-10-17(13)20-18(12-22)21(23)24-14(2)19(20)15-7-5-4-6-8-15/h4-11H,1-3H3,(H2,23,24). The van der Waals surface area contributed by atoms with Gasteiger partial charge in [0.1, 0.15) is 23.2 Å². The Hall–Kier alpha value is -3.32. The number of nitriles is 1. The molecular formula is C21H19N3O. The van der Waals surface area contributed by atoms with Gasteiger partial charge in [-0.1, -0.05) is 36.4 Å². The van der Waals surface area contributed by atoms with E-state index in [0.717, 1.165) is 39.3 Å². The second-order valence-electron chi connectivity index (χ2n) is 5.87. The number of aromatic nitrogens is 1. The zero-order chi connectivity index (χ0) is 18.0. The first-order valence-corrected chi connectivity index (χ1v) is 7.97. The van der Waals surface area contributed by atoms with Crippen LogP contribution in [0.3, 0.4) is 0 Å². The average Bonchev–Trinajstić information content (AvgIpc) is 2.62. The van der Waals surface area contributed by atoms with Gasteiger partial charge in [-0.25, -0.2) is 4.98 Å². The SMILES string of the molecule is COc1ccc(-c2c(C#N)c(N)nc(C)c2-c2ccccc2)c(C)c1. The molecule has 0 aliphatic rings. The van der Waals surface area contributed by atoms with Gasteiger partial charge in [-0.3, -0.25) is 0 Å². The normalized spacial score (nSPS) is 10.3. The minimum absolute atomic E-state index is 0.255. The van der Waals surface area contributed by atoms with Crippen LogP contribution in [0.1, 0.15) is 16.8 Å². The van der Waals surface area contributed by atoms with Crippen LogP contribution in [0.2, 0.25) is 0 Å². The van der Waals surface area contributed by atoms with E-state index in [0.29, 0.717) is 5.56 Å². The van der Waals surface area contributed by atoms with Gasteiger partial charge in [-0.05, 0) is 42.7 Å². The van der Waals surface area contributed by atoms with E-state index in [1.54, 1.807) is 7.11 Å². The van der Waals surface area contributed by atoms with Crippen LogP contribution in [-0.4, -0.2) is 12.1 Å². The minimum Gasteiger partial charge on any atom is -0.497 e. The summed E-state index contributed by atoms with van der Waals surface area (Å²) in [5.41, 5.74) is 12.0. The van der Waals surface area contributed by atoms with E-state index in [2.05, 4.69) is 11.1 Å². The van der Waals surface area contributed by atoms with Gasteiger partial charge in [0.25, 0.3) is 0 Å². The first-order chi connectivity index (χ1) is 12.1. The lowest BCUT2D eigenvalue weighted by Gasteiger charge is -2.18. The Kier molecular flexibility index (Phi) is 4.40. The van der Waals surface area contributed by atoms with Crippen molar-refractivity contribution < 1.29 is 4.74 Å². The van der Waals surface area contributed by atoms with Crippen LogP contribution < -0.4 is 10.5 Å². The van der Waals surface area contributed by atoms with Crippen LogP contribution in [0, 0.1) is 25.2 Å². The molecule has 0 atom stereocenters. The maximum Gasteiger partial charge on any atom is 0.142 e. The van der Waals surface area contributed by atoms with E-state index in [1.165, 1.54) is 0 Å². The Labute approximate surface area is 147 Å². The van der Waals surface area contributed by atoms with Gasteiger partial charge < -0.3 is 10.5 Å². The molecule has 0 unspecified atom stereocenters. The number of methoxy groups -OCH3 is 1. The summed E-state index contributed by atoms with van der Waals surface area (Å²) >= 11 is 0. The molecule has 4 heteroatoms. The van der Waals surface area contributed by atoms with Crippen LogP contribution in [0.15, 0.2) is 48.5 Å². The van der Waals surface area contributed by atoms with Crippen LogP contribution in [-0.2, 0) is 0 Å². The molecule has 2 N–H and O–H groups in total. The monoisotopic (exact) mass is 329 g/mol. The number of ether oxygens (including phenoxy) is 1. The van der Waals surface area contributed by atoms with Gasteiger partial charge in [0, 0.05) is 16.8 Å². The van der Waals surface area contributed by atoms with E-state index in [4.69, 9.17) is 10.5 Å². The molecule has 0 saturated carbocycles. The highest BCUT2D eigenvalue weighted by Gasteiger charge is 2.20. The highest BCUT2D eigenvalue weighted by atomic mass is 16.5. The molecule has 124 valence electrons. The van der Waals surface area contributed by atoms with Crippen molar-refractivity contribution >= 4 is 5.82 Å². The second kappa shape index (κ2) is 6.66. The van der Waals surface area contributed by atoms with Crippen LogP contribution in [0.25, 0.3) is 22.3 Å². The fraction of sp³-hybridized carbons (Fsp3) is 0.143. The molecule has 0 aliphatic heterocycles. The van der Waals surface area contributed by atoms with E-state index in [1.807, 2.05) is 62.4 Å². The zero-order valence-corrected chi connectivity index (χ0v) is 14.5. The molecule has 1 aromatic heterocycles. The van der Waals surface area contributed by atoms with Crippen LogP contribution in [0.5, 0.6) is 5.75 Å². The molecule has 0 fully saturated rings. The summed E-state index contributed by atoms with van der Waals surface area (Å²) in [6.45, 7) is 3.92. The fourth-order valence-corrected chi connectivity index (χ4v) is 3.11. The Morgan fingerprint density at radius 2 is 1.76 bits per heavy atom. The second-order valence-corrected chi connectivity index (χ2v) is 5.87. The predicted molar refractivity (Wildman–Crippen MR) is 100 cm³/mol. The molecule has 3 rings (SSSR count). The molecule has 0 spiro atoms. The van der Waals surface area contributed by atoms with Crippen LogP contribution >= 0.6 is 0 Å². The Morgan fingerprint density at radius 1 is 1.04 bits per heavy atom. The van der Waals surface area contributed by atoms with Gasteiger partial charge >= 0.3 is 0 Å².